The van der Waals surface area contributed by atoms with Crippen molar-refractivity contribution in [1.82, 2.24) is 9.55 Å². The summed E-state index contributed by atoms with van der Waals surface area (Å²) in [5.74, 6) is -1.79. The van der Waals surface area contributed by atoms with Crippen LogP contribution in [0.1, 0.15) is 50.6 Å². The zero-order chi connectivity index (χ0) is 20.7. The number of alkyl halides is 3. The van der Waals surface area contributed by atoms with E-state index in [1.165, 1.54) is 13.8 Å². The molecule has 0 bridgehead atoms. The van der Waals surface area contributed by atoms with Crippen LogP contribution in [-0.2, 0) is 15.7 Å². The second-order valence-corrected chi connectivity index (χ2v) is 10.2. The lowest BCUT2D eigenvalue weighted by Crippen LogP contribution is -2.37. The zero-order valence-corrected chi connectivity index (χ0v) is 18.0. The van der Waals surface area contributed by atoms with Crippen LogP contribution in [0.4, 0.5) is 13.2 Å². The second-order valence-electron chi connectivity index (χ2n) is 7.70. The van der Waals surface area contributed by atoms with Crippen molar-refractivity contribution in [1.29, 1.82) is 0 Å². The van der Waals surface area contributed by atoms with Gasteiger partial charge in [0.15, 0.2) is 0 Å². The van der Waals surface area contributed by atoms with Gasteiger partial charge in [-0.05, 0) is 66.7 Å². The SMILES string of the molecule is CC(C)(C[C@@H](c1cn(C2CCOCC2)c2nc(Br)ccc12)C(F)(F)F)S(N)=O. The molecule has 0 amide bonds. The van der Waals surface area contributed by atoms with Gasteiger partial charge in [-0.3, -0.25) is 5.14 Å². The fourth-order valence-corrected chi connectivity index (χ4v) is 4.25. The first-order valence-electron chi connectivity index (χ1n) is 8.98. The molecule has 156 valence electrons. The number of halogens is 4. The molecule has 3 heterocycles. The largest absolute Gasteiger partial charge is 0.395 e. The minimum Gasteiger partial charge on any atom is -0.381 e. The molecule has 1 saturated heterocycles. The summed E-state index contributed by atoms with van der Waals surface area (Å²) in [6.45, 7) is 4.12. The first-order chi connectivity index (χ1) is 13.0. The summed E-state index contributed by atoms with van der Waals surface area (Å²) in [4.78, 5) is 4.45. The van der Waals surface area contributed by atoms with Crippen molar-refractivity contribution >= 4 is 37.9 Å². The van der Waals surface area contributed by atoms with Crippen molar-refractivity contribution in [3.05, 3.63) is 28.5 Å². The van der Waals surface area contributed by atoms with Crippen LogP contribution in [0.2, 0.25) is 0 Å². The fraction of sp³-hybridized carbons (Fsp3) is 0.611. The van der Waals surface area contributed by atoms with Crippen LogP contribution in [0, 0.1) is 0 Å². The van der Waals surface area contributed by atoms with E-state index in [0.29, 0.717) is 41.7 Å². The molecule has 10 heteroatoms. The van der Waals surface area contributed by atoms with Crippen LogP contribution in [0.25, 0.3) is 11.0 Å². The lowest BCUT2D eigenvalue weighted by molar-refractivity contribution is -0.152. The topological polar surface area (TPSA) is 70.1 Å². The number of ether oxygens (including phenoxy) is 1. The Labute approximate surface area is 172 Å². The Morgan fingerprint density at radius 3 is 2.57 bits per heavy atom. The Balaban J connectivity index is 2.15. The van der Waals surface area contributed by atoms with Crippen molar-refractivity contribution in [3.8, 4) is 0 Å². The Kier molecular flexibility index (Phi) is 6.24. The van der Waals surface area contributed by atoms with Gasteiger partial charge in [0, 0.05) is 30.8 Å². The highest BCUT2D eigenvalue weighted by Crippen LogP contribution is 2.45. The van der Waals surface area contributed by atoms with Gasteiger partial charge >= 0.3 is 6.18 Å². The molecule has 2 aromatic heterocycles. The summed E-state index contributed by atoms with van der Waals surface area (Å²) < 4.78 is 60.6. The minimum atomic E-state index is -4.50. The molecule has 2 N–H and O–H groups in total. The molecule has 0 spiro atoms. The van der Waals surface area contributed by atoms with E-state index in [0.717, 1.165) is 0 Å². The molecule has 3 rings (SSSR count). The maximum absolute atomic E-state index is 14.1. The molecule has 1 aliphatic rings. The number of nitrogens with two attached hydrogens (primary N) is 1. The zero-order valence-electron chi connectivity index (χ0n) is 15.6. The third kappa shape index (κ3) is 4.44. The van der Waals surface area contributed by atoms with E-state index in [9.17, 15) is 17.4 Å². The van der Waals surface area contributed by atoms with Gasteiger partial charge in [-0.25, -0.2) is 9.19 Å². The maximum Gasteiger partial charge on any atom is 0.395 e. The van der Waals surface area contributed by atoms with E-state index in [2.05, 4.69) is 20.9 Å². The van der Waals surface area contributed by atoms with Crippen LogP contribution in [0.5, 0.6) is 0 Å². The van der Waals surface area contributed by atoms with Crippen molar-refractivity contribution < 1.29 is 22.1 Å². The molecule has 0 radical (unpaired) electrons. The van der Waals surface area contributed by atoms with Gasteiger partial charge in [0.25, 0.3) is 0 Å². The van der Waals surface area contributed by atoms with Crippen molar-refractivity contribution in [2.24, 2.45) is 5.14 Å². The number of hydrogen-bond donors (Lipinski definition) is 1. The van der Waals surface area contributed by atoms with E-state index >= 15 is 0 Å². The van der Waals surface area contributed by atoms with Crippen LogP contribution in [0.15, 0.2) is 22.9 Å². The highest BCUT2D eigenvalue weighted by molar-refractivity contribution is 9.10. The number of pyridine rings is 1. The molecule has 0 saturated carbocycles. The first kappa shape index (κ1) is 21.7. The quantitative estimate of drug-likeness (QED) is 0.634. The molecule has 28 heavy (non-hydrogen) atoms. The molecule has 1 unspecified atom stereocenters. The number of fused-ring (bicyclic) bond motifs is 1. The number of rotatable bonds is 5. The number of aromatic nitrogens is 2. The lowest BCUT2D eigenvalue weighted by Gasteiger charge is -2.29. The summed E-state index contributed by atoms with van der Waals surface area (Å²) in [5.41, 5.74) is 0.657. The first-order valence-corrected chi connectivity index (χ1v) is 11.0. The molecular weight excluding hydrogens is 459 g/mol. The Hall–Kier alpha value is -0.970. The van der Waals surface area contributed by atoms with Gasteiger partial charge in [0.05, 0.1) is 21.7 Å². The molecule has 1 aliphatic heterocycles. The van der Waals surface area contributed by atoms with E-state index in [1.807, 2.05) is 4.57 Å². The lowest BCUT2D eigenvalue weighted by atomic mass is 9.89. The van der Waals surface area contributed by atoms with Gasteiger partial charge in [-0.15, -0.1) is 0 Å². The van der Waals surface area contributed by atoms with Gasteiger partial charge in [0.1, 0.15) is 10.3 Å². The van der Waals surface area contributed by atoms with Crippen LogP contribution in [-0.4, -0.2) is 37.9 Å². The smallest absolute Gasteiger partial charge is 0.381 e. The van der Waals surface area contributed by atoms with Crippen molar-refractivity contribution in [2.75, 3.05) is 13.2 Å². The second kappa shape index (κ2) is 8.04. The molecule has 0 aromatic carbocycles. The van der Waals surface area contributed by atoms with Gasteiger partial charge in [-0.2, -0.15) is 13.2 Å². The van der Waals surface area contributed by atoms with Gasteiger partial charge in [-0.1, -0.05) is 0 Å². The normalized spacial score (nSPS) is 19.1. The molecule has 5 nitrogen and oxygen atoms in total. The maximum atomic E-state index is 14.1. The summed E-state index contributed by atoms with van der Waals surface area (Å²) >= 11 is 3.32. The summed E-state index contributed by atoms with van der Waals surface area (Å²) in [7, 11) is -1.89. The third-order valence-electron chi connectivity index (χ3n) is 5.27. The van der Waals surface area contributed by atoms with E-state index < -0.39 is 27.8 Å². The predicted molar refractivity (Wildman–Crippen MR) is 106 cm³/mol. The van der Waals surface area contributed by atoms with Crippen molar-refractivity contribution in [3.63, 3.8) is 0 Å². The average molecular weight is 482 g/mol. The van der Waals surface area contributed by atoms with Crippen LogP contribution < -0.4 is 5.14 Å². The standard InChI is InChI=1S/C18H23BrF3N3O2S/c1-17(2,28(23)26)9-14(18(20,21)22)13-10-25(11-5-7-27-8-6-11)16-12(13)3-4-15(19)24-16/h3-4,10-11,14H,5-9,23H2,1-2H3/t14-,28?/m0/s1. The highest BCUT2D eigenvalue weighted by Gasteiger charge is 2.46. The molecule has 0 aliphatic carbocycles. The Morgan fingerprint density at radius 2 is 2.00 bits per heavy atom. The third-order valence-corrected chi connectivity index (χ3v) is 6.97. The monoisotopic (exact) mass is 481 g/mol. The summed E-state index contributed by atoms with van der Waals surface area (Å²) in [6, 6.07) is 3.32. The highest BCUT2D eigenvalue weighted by atomic mass is 79.9. The summed E-state index contributed by atoms with van der Waals surface area (Å²) in [6.07, 6.45) is -1.88. The van der Waals surface area contributed by atoms with Crippen molar-refractivity contribution in [2.45, 2.75) is 56.0 Å². The van der Waals surface area contributed by atoms with Gasteiger partial charge < -0.3 is 9.30 Å². The molecule has 2 atom stereocenters. The average Bonchev–Trinajstić information content (AvgIpc) is 2.97. The predicted octanol–water partition coefficient (Wildman–Crippen LogP) is 4.59. The summed E-state index contributed by atoms with van der Waals surface area (Å²) in [5, 5.41) is 5.92. The molecule has 2 aromatic rings. The Bertz CT molecular complexity index is 879. The minimum absolute atomic E-state index is 0.0253. The molecule has 1 fully saturated rings. The van der Waals surface area contributed by atoms with Gasteiger partial charge in [0.2, 0.25) is 0 Å². The number of nitrogens with zero attached hydrogens (tertiary/aromatic N) is 2. The fourth-order valence-electron chi connectivity index (χ4n) is 3.62. The Morgan fingerprint density at radius 1 is 1.36 bits per heavy atom. The molecular formula is C18H23BrF3N3O2S. The van der Waals surface area contributed by atoms with E-state index in [-0.39, 0.29) is 18.0 Å². The van der Waals surface area contributed by atoms with Crippen LogP contribution in [0.3, 0.4) is 0 Å². The van der Waals surface area contributed by atoms with Crippen LogP contribution >= 0.6 is 15.9 Å². The van der Waals surface area contributed by atoms with E-state index in [4.69, 9.17) is 9.88 Å². The van der Waals surface area contributed by atoms with E-state index in [1.54, 1.807) is 18.3 Å². The number of hydrogen-bond acceptors (Lipinski definition) is 3.